The Bertz CT molecular complexity index is 558. The van der Waals surface area contributed by atoms with Crippen LogP contribution in [-0.4, -0.2) is 18.3 Å². The highest BCUT2D eigenvalue weighted by Gasteiger charge is 2.14. The quantitative estimate of drug-likeness (QED) is 0.732. The molecule has 1 atom stereocenters. The lowest BCUT2D eigenvalue weighted by Gasteiger charge is -2.16. The van der Waals surface area contributed by atoms with Crippen molar-refractivity contribution in [3.05, 3.63) is 64.1 Å². The van der Waals surface area contributed by atoms with E-state index in [1.807, 2.05) is 36.4 Å². The van der Waals surface area contributed by atoms with Crippen molar-refractivity contribution in [2.24, 2.45) is 0 Å². The lowest BCUT2D eigenvalue weighted by atomic mass is 9.95. The molecule has 0 aliphatic heterocycles. The SMILES string of the molecule is OC[C@@H](CCCOc1ccccc1)c1ccc(Cl)cc1Cl. The minimum absolute atomic E-state index is 0.00846. The van der Waals surface area contributed by atoms with Crippen molar-refractivity contribution in [3.63, 3.8) is 0 Å². The van der Waals surface area contributed by atoms with Crippen molar-refractivity contribution >= 4 is 23.2 Å². The van der Waals surface area contributed by atoms with Gasteiger partial charge in [0.25, 0.3) is 0 Å². The Balaban J connectivity index is 1.85. The largest absolute Gasteiger partial charge is 0.494 e. The summed E-state index contributed by atoms with van der Waals surface area (Å²) in [6.45, 7) is 0.679. The first-order valence-electron chi connectivity index (χ1n) is 6.94. The molecule has 0 heterocycles. The molecule has 0 spiro atoms. The van der Waals surface area contributed by atoms with Gasteiger partial charge in [-0.1, -0.05) is 47.5 Å². The molecule has 0 radical (unpaired) electrons. The van der Waals surface area contributed by atoms with Gasteiger partial charge in [0.05, 0.1) is 6.61 Å². The van der Waals surface area contributed by atoms with E-state index in [1.165, 1.54) is 0 Å². The van der Waals surface area contributed by atoms with Gasteiger partial charge in [-0.2, -0.15) is 0 Å². The van der Waals surface area contributed by atoms with Crippen LogP contribution in [-0.2, 0) is 0 Å². The summed E-state index contributed by atoms with van der Waals surface area (Å²) < 4.78 is 5.65. The smallest absolute Gasteiger partial charge is 0.119 e. The van der Waals surface area contributed by atoms with Gasteiger partial charge in [-0.3, -0.25) is 0 Å². The van der Waals surface area contributed by atoms with Gasteiger partial charge < -0.3 is 9.84 Å². The number of ether oxygens (including phenoxy) is 1. The number of rotatable bonds is 7. The van der Waals surface area contributed by atoms with Crippen molar-refractivity contribution in [1.82, 2.24) is 0 Å². The molecular formula is C17H18Cl2O2. The summed E-state index contributed by atoms with van der Waals surface area (Å²) in [7, 11) is 0. The number of halogens is 2. The Hall–Kier alpha value is -1.22. The first kappa shape index (κ1) is 16.2. The van der Waals surface area contributed by atoms with Crippen molar-refractivity contribution in [1.29, 1.82) is 0 Å². The lowest BCUT2D eigenvalue weighted by molar-refractivity contribution is 0.243. The summed E-state index contributed by atoms with van der Waals surface area (Å²) in [5.74, 6) is 0.872. The average molecular weight is 325 g/mol. The average Bonchev–Trinajstić information content (AvgIpc) is 2.49. The third-order valence-corrected chi connectivity index (χ3v) is 3.89. The van der Waals surface area contributed by atoms with Crippen molar-refractivity contribution in [2.75, 3.05) is 13.2 Å². The molecule has 21 heavy (non-hydrogen) atoms. The van der Waals surface area contributed by atoms with E-state index in [0.29, 0.717) is 16.7 Å². The molecule has 0 aliphatic rings. The first-order valence-corrected chi connectivity index (χ1v) is 7.70. The van der Waals surface area contributed by atoms with Gasteiger partial charge in [0.2, 0.25) is 0 Å². The zero-order chi connectivity index (χ0) is 15.1. The van der Waals surface area contributed by atoms with Gasteiger partial charge in [-0.05, 0) is 42.7 Å². The van der Waals surface area contributed by atoms with Crippen LogP contribution in [0.5, 0.6) is 5.75 Å². The number of hydrogen-bond donors (Lipinski definition) is 1. The highest BCUT2D eigenvalue weighted by atomic mass is 35.5. The predicted octanol–water partition coefficient (Wildman–Crippen LogP) is 4.93. The minimum atomic E-state index is 0.00846. The van der Waals surface area contributed by atoms with Crippen LogP contribution in [0.15, 0.2) is 48.5 Å². The van der Waals surface area contributed by atoms with E-state index in [2.05, 4.69) is 0 Å². The molecule has 4 heteroatoms. The molecule has 2 aromatic rings. The molecule has 0 bridgehead atoms. The van der Waals surface area contributed by atoms with E-state index in [0.717, 1.165) is 24.2 Å². The third kappa shape index (κ3) is 4.92. The van der Waals surface area contributed by atoms with E-state index in [-0.39, 0.29) is 12.5 Å². The molecular weight excluding hydrogens is 307 g/mol. The fourth-order valence-electron chi connectivity index (χ4n) is 2.21. The van der Waals surface area contributed by atoms with Gasteiger partial charge in [0, 0.05) is 22.6 Å². The van der Waals surface area contributed by atoms with Crippen LogP contribution < -0.4 is 4.74 Å². The summed E-state index contributed by atoms with van der Waals surface area (Å²) >= 11 is 12.1. The molecule has 0 aromatic heterocycles. The summed E-state index contributed by atoms with van der Waals surface area (Å²) in [4.78, 5) is 0. The van der Waals surface area contributed by atoms with Crippen LogP contribution in [0.1, 0.15) is 24.3 Å². The standard InChI is InChI=1S/C17H18Cl2O2/c18-14-8-9-16(17(19)11-14)13(12-20)5-4-10-21-15-6-2-1-3-7-15/h1-3,6-9,11,13,20H,4-5,10,12H2/t13-/m1/s1. The van der Waals surface area contributed by atoms with Crippen molar-refractivity contribution in [3.8, 4) is 5.75 Å². The summed E-state index contributed by atoms with van der Waals surface area (Å²) in [6.07, 6.45) is 1.66. The van der Waals surface area contributed by atoms with Crippen LogP contribution >= 0.6 is 23.2 Å². The van der Waals surface area contributed by atoms with Crippen LogP contribution in [0.2, 0.25) is 10.0 Å². The number of aliphatic hydroxyl groups excluding tert-OH is 1. The second-order valence-corrected chi connectivity index (χ2v) is 5.69. The molecule has 0 saturated heterocycles. The summed E-state index contributed by atoms with van der Waals surface area (Å²) in [5, 5.41) is 10.8. The van der Waals surface area contributed by atoms with Crippen LogP contribution in [0.3, 0.4) is 0 Å². The van der Waals surface area contributed by atoms with Crippen LogP contribution in [0.25, 0.3) is 0 Å². The van der Waals surface area contributed by atoms with Gasteiger partial charge >= 0.3 is 0 Å². The Morgan fingerprint density at radius 1 is 1.05 bits per heavy atom. The fourth-order valence-corrected chi connectivity index (χ4v) is 2.78. The Morgan fingerprint density at radius 3 is 2.48 bits per heavy atom. The number of para-hydroxylation sites is 1. The van der Waals surface area contributed by atoms with E-state index < -0.39 is 0 Å². The van der Waals surface area contributed by atoms with E-state index >= 15 is 0 Å². The molecule has 0 fully saturated rings. The lowest BCUT2D eigenvalue weighted by Crippen LogP contribution is -2.07. The molecule has 0 saturated carbocycles. The second-order valence-electron chi connectivity index (χ2n) is 4.85. The highest BCUT2D eigenvalue weighted by molar-refractivity contribution is 6.35. The van der Waals surface area contributed by atoms with Gasteiger partial charge in [-0.15, -0.1) is 0 Å². The second kappa shape index (κ2) is 8.28. The van der Waals surface area contributed by atoms with E-state index in [1.54, 1.807) is 12.1 Å². The Morgan fingerprint density at radius 2 is 1.81 bits per heavy atom. The molecule has 0 unspecified atom stereocenters. The summed E-state index contributed by atoms with van der Waals surface area (Å²) in [5.41, 5.74) is 0.934. The molecule has 1 N–H and O–H groups in total. The zero-order valence-electron chi connectivity index (χ0n) is 11.6. The number of hydrogen-bond acceptors (Lipinski definition) is 2. The Labute approximate surface area is 135 Å². The molecule has 2 rings (SSSR count). The normalized spacial score (nSPS) is 12.1. The van der Waals surface area contributed by atoms with Crippen molar-refractivity contribution in [2.45, 2.75) is 18.8 Å². The van der Waals surface area contributed by atoms with Gasteiger partial charge in [-0.25, -0.2) is 0 Å². The van der Waals surface area contributed by atoms with Gasteiger partial charge in [0.1, 0.15) is 5.75 Å². The topological polar surface area (TPSA) is 29.5 Å². The van der Waals surface area contributed by atoms with Crippen LogP contribution in [0, 0.1) is 0 Å². The van der Waals surface area contributed by atoms with Crippen LogP contribution in [0.4, 0.5) is 0 Å². The highest BCUT2D eigenvalue weighted by Crippen LogP contribution is 2.30. The first-order chi connectivity index (χ1) is 10.2. The van der Waals surface area contributed by atoms with E-state index in [9.17, 15) is 5.11 Å². The van der Waals surface area contributed by atoms with Crippen molar-refractivity contribution < 1.29 is 9.84 Å². The monoisotopic (exact) mass is 324 g/mol. The molecule has 2 aromatic carbocycles. The summed E-state index contributed by atoms with van der Waals surface area (Å²) in [6, 6.07) is 15.1. The number of aliphatic hydroxyl groups is 1. The Kier molecular flexibility index (Phi) is 6.37. The molecule has 0 aliphatic carbocycles. The molecule has 0 amide bonds. The maximum Gasteiger partial charge on any atom is 0.119 e. The van der Waals surface area contributed by atoms with E-state index in [4.69, 9.17) is 27.9 Å². The fraction of sp³-hybridized carbons (Fsp3) is 0.294. The predicted molar refractivity (Wildman–Crippen MR) is 87.5 cm³/mol. The minimum Gasteiger partial charge on any atom is -0.494 e. The zero-order valence-corrected chi connectivity index (χ0v) is 13.1. The maximum absolute atomic E-state index is 9.56. The molecule has 2 nitrogen and oxygen atoms in total. The maximum atomic E-state index is 9.56. The third-order valence-electron chi connectivity index (χ3n) is 3.33. The van der Waals surface area contributed by atoms with Gasteiger partial charge in [0.15, 0.2) is 0 Å². The number of benzene rings is 2. The molecule has 112 valence electrons.